The van der Waals surface area contributed by atoms with Crippen LogP contribution in [-0.2, 0) is 16.6 Å². The molecule has 1 aromatic rings. The van der Waals surface area contributed by atoms with E-state index in [-0.39, 0.29) is 10.8 Å². The average Bonchev–Trinajstić information content (AvgIpc) is 3.27. The fraction of sp³-hybridized carbons (Fsp3) is 0.600. The summed E-state index contributed by atoms with van der Waals surface area (Å²) in [7, 11) is -3.68. The Hall–Kier alpha value is -0.980. The Morgan fingerprint density at radius 1 is 1.38 bits per heavy atom. The summed E-state index contributed by atoms with van der Waals surface area (Å²) >= 11 is 0. The summed E-state index contributed by atoms with van der Waals surface area (Å²) in [6.45, 7) is 4.80. The molecule has 0 heterocycles. The Labute approximate surface area is 126 Å². The van der Waals surface area contributed by atoms with Crippen molar-refractivity contribution < 1.29 is 12.8 Å². The van der Waals surface area contributed by atoms with Gasteiger partial charge >= 0.3 is 0 Å². The zero-order chi connectivity index (χ0) is 15.5. The molecule has 0 saturated heterocycles. The van der Waals surface area contributed by atoms with Crippen LogP contribution in [0.15, 0.2) is 23.1 Å². The molecule has 0 amide bonds. The van der Waals surface area contributed by atoms with Gasteiger partial charge in [0.15, 0.2) is 0 Å². The summed E-state index contributed by atoms with van der Waals surface area (Å²) in [5, 5.41) is 3.27. The first-order valence-electron chi connectivity index (χ1n) is 7.44. The summed E-state index contributed by atoms with van der Waals surface area (Å²) in [5.74, 6) is -0.282. The lowest BCUT2D eigenvalue weighted by atomic mass is 10.1. The van der Waals surface area contributed by atoms with Crippen LogP contribution >= 0.6 is 0 Å². The van der Waals surface area contributed by atoms with Crippen LogP contribution in [0.3, 0.4) is 0 Å². The maximum absolute atomic E-state index is 13.4. The summed E-state index contributed by atoms with van der Waals surface area (Å²) in [4.78, 5) is 0.0407. The van der Waals surface area contributed by atoms with E-state index in [1.807, 2.05) is 13.8 Å². The van der Waals surface area contributed by atoms with Crippen LogP contribution in [0.1, 0.15) is 38.7 Å². The molecule has 1 aliphatic carbocycles. The van der Waals surface area contributed by atoms with Gasteiger partial charge in [0.1, 0.15) is 5.82 Å². The van der Waals surface area contributed by atoms with Gasteiger partial charge < -0.3 is 5.32 Å². The molecule has 2 N–H and O–H groups in total. The maximum atomic E-state index is 13.4. The van der Waals surface area contributed by atoms with E-state index in [9.17, 15) is 12.8 Å². The number of hydrogen-bond acceptors (Lipinski definition) is 3. The standard InChI is InChI=1S/C15H23FN2O2S/c1-3-11(2)9-18-21(19,20)15-8-13(16)5-4-12(15)10-17-14-6-7-14/h4-5,8,11,14,17-18H,3,6-7,9-10H2,1-2H3. The molecule has 1 aliphatic rings. The number of halogens is 1. The molecule has 6 heteroatoms. The van der Waals surface area contributed by atoms with Gasteiger partial charge in [-0.1, -0.05) is 26.3 Å². The highest BCUT2D eigenvalue weighted by Gasteiger charge is 2.23. The van der Waals surface area contributed by atoms with Crippen LogP contribution in [0, 0.1) is 11.7 Å². The molecule has 21 heavy (non-hydrogen) atoms. The van der Waals surface area contributed by atoms with E-state index in [1.54, 1.807) is 6.07 Å². The fourth-order valence-electron chi connectivity index (χ4n) is 1.94. The lowest BCUT2D eigenvalue weighted by Crippen LogP contribution is -2.30. The number of benzene rings is 1. The normalized spacial score (nSPS) is 16.9. The van der Waals surface area contributed by atoms with Crippen LogP contribution in [0.2, 0.25) is 0 Å². The number of nitrogens with one attached hydrogen (secondary N) is 2. The summed E-state index contributed by atoms with van der Waals surface area (Å²) in [6.07, 6.45) is 3.13. The predicted octanol–water partition coefficient (Wildman–Crippen LogP) is 2.40. The summed E-state index contributed by atoms with van der Waals surface area (Å²) < 4.78 is 40.8. The first-order chi connectivity index (χ1) is 9.92. The van der Waals surface area contributed by atoms with Crippen molar-refractivity contribution >= 4 is 10.0 Å². The monoisotopic (exact) mass is 314 g/mol. The summed E-state index contributed by atoms with van der Waals surface area (Å²) in [6, 6.07) is 4.42. The topological polar surface area (TPSA) is 58.2 Å². The molecule has 0 aliphatic heterocycles. The molecule has 4 nitrogen and oxygen atoms in total. The van der Waals surface area contributed by atoms with Crippen molar-refractivity contribution in [2.75, 3.05) is 6.54 Å². The molecule has 1 unspecified atom stereocenters. The average molecular weight is 314 g/mol. The molecule has 0 bridgehead atoms. The highest BCUT2D eigenvalue weighted by atomic mass is 32.2. The van der Waals surface area contributed by atoms with E-state index in [0.29, 0.717) is 24.7 Å². The Bertz CT molecular complexity index is 585. The summed E-state index contributed by atoms with van der Waals surface area (Å²) in [5.41, 5.74) is 0.611. The van der Waals surface area contributed by atoms with Crippen LogP contribution in [0.25, 0.3) is 0 Å². The van der Waals surface area contributed by atoms with E-state index in [4.69, 9.17) is 0 Å². The van der Waals surface area contributed by atoms with Crippen molar-refractivity contribution in [1.82, 2.24) is 10.0 Å². The second kappa shape index (κ2) is 6.85. The van der Waals surface area contributed by atoms with Gasteiger partial charge in [-0.2, -0.15) is 0 Å². The van der Waals surface area contributed by atoms with Crippen molar-refractivity contribution in [1.29, 1.82) is 0 Å². The number of hydrogen-bond donors (Lipinski definition) is 2. The van der Waals surface area contributed by atoms with Crippen molar-refractivity contribution in [2.24, 2.45) is 5.92 Å². The van der Waals surface area contributed by atoms with E-state index in [0.717, 1.165) is 25.3 Å². The Kier molecular flexibility index (Phi) is 5.35. The number of sulfonamides is 1. The van der Waals surface area contributed by atoms with E-state index in [2.05, 4.69) is 10.0 Å². The van der Waals surface area contributed by atoms with E-state index >= 15 is 0 Å². The predicted molar refractivity (Wildman–Crippen MR) is 80.9 cm³/mol. The molecule has 0 spiro atoms. The van der Waals surface area contributed by atoms with E-state index < -0.39 is 15.8 Å². The van der Waals surface area contributed by atoms with Crippen molar-refractivity contribution in [3.63, 3.8) is 0 Å². The lowest BCUT2D eigenvalue weighted by molar-refractivity contribution is 0.526. The Morgan fingerprint density at radius 3 is 2.71 bits per heavy atom. The molecular formula is C15H23FN2O2S. The minimum atomic E-state index is -3.68. The lowest BCUT2D eigenvalue weighted by Gasteiger charge is -2.14. The Balaban J connectivity index is 2.16. The van der Waals surface area contributed by atoms with Crippen LogP contribution in [-0.4, -0.2) is 21.0 Å². The van der Waals surface area contributed by atoms with Gasteiger partial charge in [-0.3, -0.25) is 0 Å². The van der Waals surface area contributed by atoms with Gasteiger partial charge in [0, 0.05) is 19.1 Å². The van der Waals surface area contributed by atoms with Crippen molar-refractivity contribution in [3.8, 4) is 0 Å². The van der Waals surface area contributed by atoms with Gasteiger partial charge in [-0.05, 0) is 36.5 Å². The molecule has 1 aromatic carbocycles. The third-order valence-electron chi connectivity index (χ3n) is 3.80. The smallest absolute Gasteiger partial charge is 0.241 e. The highest BCUT2D eigenvalue weighted by molar-refractivity contribution is 7.89. The quantitative estimate of drug-likeness (QED) is 0.774. The molecule has 1 atom stereocenters. The third kappa shape index (κ3) is 4.76. The van der Waals surface area contributed by atoms with Crippen LogP contribution in [0.5, 0.6) is 0 Å². The van der Waals surface area contributed by atoms with Crippen molar-refractivity contribution in [3.05, 3.63) is 29.6 Å². The zero-order valence-electron chi connectivity index (χ0n) is 12.5. The van der Waals surface area contributed by atoms with Gasteiger partial charge in [-0.15, -0.1) is 0 Å². The van der Waals surface area contributed by atoms with Gasteiger partial charge in [0.05, 0.1) is 4.90 Å². The van der Waals surface area contributed by atoms with E-state index in [1.165, 1.54) is 6.07 Å². The van der Waals surface area contributed by atoms with Crippen molar-refractivity contribution in [2.45, 2.75) is 50.6 Å². The molecule has 2 rings (SSSR count). The molecule has 0 aromatic heterocycles. The maximum Gasteiger partial charge on any atom is 0.241 e. The molecule has 0 radical (unpaired) electrons. The zero-order valence-corrected chi connectivity index (χ0v) is 13.3. The van der Waals surface area contributed by atoms with Gasteiger partial charge in [0.2, 0.25) is 10.0 Å². The minimum Gasteiger partial charge on any atom is -0.310 e. The third-order valence-corrected chi connectivity index (χ3v) is 5.30. The first-order valence-corrected chi connectivity index (χ1v) is 8.92. The largest absolute Gasteiger partial charge is 0.310 e. The Morgan fingerprint density at radius 2 is 2.10 bits per heavy atom. The van der Waals surface area contributed by atoms with Gasteiger partial charge in [0.25, 0.3) is 0 Å². The molecule has 118 valence electrons. The van der Waals surface area contributed by atoms with Crippen LogP contribution < -0.4 is 10.0 Å². The molecular weight excluding hydrogens is 291 g/mol. The highest BCUT2D eigenvalue weighted by Crippen LogP contribution is 2.22. The molecule has 1 fully saturated rings. The minimum absolute atomic E-state index is 0.0407. The SMILES string of the molecule is CCC(C)CNS(=O)(=O)c1cc(F)ccc1CNC1CC1. The number of rotatable bonds is 8. The van der Waals surface area contributed by atoms with Crippen LogP contribution in [0.4, 0.5) is 4.39 Å². The second-order valence-electron chi connectivity index (χ2n) is 5.77. The second-order valence-corrected chi connectivity index (χ2v) is 7.51. The van der Waals surface area contributed by atoms with Gasteiger partial charge in [-0.25, -0.2) is 17.5 Å². The molecule has 1 saturated carbocycles. The fourth-order valence-corrected chi connectivity index (χ4v) is 3.35. The first kappa shape index (κ1) is 16.4.